The van der Waals surface area contributed by atoms with Crippen molar-refractivity contribution >= 4 is 15.9 Å². The minimum atomic E-state index is -3.92. The lowest BCUT2D eigenvalue weighted by atomic mass is 10.2. The number of nitrogens with zero attached hydrogens (tertiary/aromatic N) is 2. The lowest BCUT2D eigenvalue weighted by molar-refractivity contribution is -0.389. The van der Waals surface area contributed by atoms with E-state index >= 15 is 0 Å². The second-order valence-electron chi connectivity index (χ2n) is 4.00. The third kappa shape index (κ3) is 3.19. The van der Waals surface area contributed by atoms with E-state index in [-0.39, 0.29) is 16.5 Å². The van der Waals surface area contributed by atoms with Crippen molar-refractivity contribution in [2.24, 2.45) is 0 Å². The molecule has 0 amide bonds. The first kappa shape index (κ1) is 14.2. The number of aryl methyl sites for hydroxylation is 1. The zero-order valence-electron chi connectivity index (χ0n) is 10.4. The van der Waals surface area contributed by atoms with Crippen molar-refractivity contribution in [2.45, 2.75) is 18.4 Å². The average molecular weight is 297 g/mol. The highest BCUT2D eigenvalue weighted by atomic mass is 32.2. The molecule has 0 aliphatic carbocycles. The normalized spacial score (nSPS) is 11.4. The molecule has 0 atom stereocenters. The minimum Gasteiger partial charge on any atom is -0.358 e. The molecule has 9 heteroatoms. The van der Waals surface area contributed by atoms with Gasteiger partial charge in [-0.15, -0.1) is 0 Å². The fourth-order valence-electron chi connectivity index (χ4n) is 1.42. The Labute approximate surface area is 114 Å². The van der Waals surface area contributed by atoms with Crippen LogP contribution >= 0.6 is 0 Å². The second kappa shape index (κ2) is 5.39. The molecule has 0 aliphatic heterocycles. The van der Waals surface area contributed by atoms with Crippen molar-refractivity contribution in [1.82, 2.24) is 9.97 Å². The molecule has 1 N–H and O–H groups in total. The van der Waals surface area contributed by atoms with E-state index in [1.807, 2.05) is 6.92 Å². The highest BCUT2D eigenvalue weighted by Gasteiger charge is 2.18. The fraction of sp³-hybridized carbons (Fsp3) is 0.182. The van der Waals surface area contributed by atoms with Gasteiger partial charge in [0.2, 0.25) is 5.82 Å². The summed E-state index contributed by atoms with van der Waals surface area (Å²) in [7, 11) is -3.92. The van der Waals surface area contributed by atoms with Crippen LogP contribution < -0.4 is 0 Å². The lowest BCUT2D eigenvalue weighted by Gasteiger charge is -2.03. The molecule has 0 fully saturated rings. The van der Waals surface area contributed by atoms with Gasteiger partial charge in [0, 0.05) is 0 Å². The fourth-order valence-corrected chi connectivity index (χ4v) is 2.30. The molecule has 0 saturated heterocycles. The van der Waals surface area contributed by atoms with Gasteiger partial charge in [0.15, 0.2) is 0 Å². The first-order valence-corrected chi connectivity index (χ1v) is 6.94. The lowest BCUT2D eigenvalue weighted by Crippen LogP contribution is -2.07. The monoisotopic (exact) mass is 297 g/mol. The Bertz CT molecular complexity index is 721. The Kier molecular flexibility index (Phi) is 3.81. The van der Waals surface area contributed by atoms with Crippen LogP contribution in [0.1, 0.15) is 11.4 Å². The van der Waals surface area contributed by atoms with E-state index in [1.165, 1.54) is 12.1 Å². The number of nitrogens with one attached hydrogen (secondary N) is 1. The quantitative estimate of drug-likeness (QED) is 0.508. The molecule has 0 bridgehead atoms. The summed E-state index contributed by atoms with van der Waals surface area (Å²) in [6.07, 6.45) is 0.997. The summed E-state index contributed by atoms with van der Waals surface area (Å²) < 4.78 is 28.5. The standard InChI is InChI=1S/C11H11N3O5S/c1-8-2-4-9(5-3-8)20(17,18)19-7-10-12-6-11(13-10)14(15)16/h2-6H,7H2,1H3,(H,12,13). The smallest absolute Gasteiger partial charge is 0.340 e. The van der Waals surface area contributed by atoms with E-state index in [0.29, 0.717) is 0 Å². The van der Waals surface area contributed by atoms with Gasteiger partial charge in [0.1, 0.15) is 12.8 Å². The summed E-state index contributed by atoms with van der Waals surface area (Å²) in [6.45, 7) is 1.43. The number of benzene rings is 1. The largest absolute Gasteiger partial charge is 0.358 e. The minimum absolute atomic E-state index is 0.0177. The number of H-pyrrole nitrogens is 1. The summed E-state index contributed by atoms with van der Waals surface area (Å²) in [4.78, 5) is 15.8. The molecular formula is C11H11N3O5S. The van der Waals surface area contributed by atoms with Gasteiger partial charge in [-0.2, -0.15) is 8.42 Å². The summed E-state index contributed by atoms with van der Waals surface area (Å²) in [6, 6.07) is 6.15. The van der Waals surface area contributed by atoms with Crippen molar-refractivity contribution in [3.05, 3.63) is 52.0 Å². The van der Waals surface area contributed by atoms with Crippen molar-refractivity contribution in [2.75, 3.05) is 0 Å². The summed E-state index contributed by atoms with van der Waals surface area (Å²) in [5.41, 5.74) is 0.922. The van der Waals surface area contributed by atoms with E-state index in [0.717, 1.165) is 11.8 Å². The van der Waals surface area contributed by atoms with Gasteiger partial charge in [-0.05, 0) is 24.0 Å². The molecule has 0 aliphatic rings. The van der Waals surface area contributed by atoms with Gasteiger partial charge in [-0.25, -0.2) is 9.97 Å². The highest BCUT2D eigenvalue weighted by Crippen LogP contribution is 2.15. The van der Waals surface area contributed by atoms with Crippen LogP contribution in [0.25, 0.3) is 0 Å². The van der Waals surface area contributed by atoms with Crippen LogP contribution in [0.3, 0.4) is 0 Å². The van der Waals surface area contributed by atoms with Gasteiger partial charge in [-0.1, -0.05) is 17.7 Å². The topological polar surface area (TPSA) is 115 Å². The van der Waals surface area contributed by atoms with Crippen LogP contribution in [0.5, 0.6) is 0 Å². The van der Waals surface area contributed by atoms with Gasteiger partial charge in [0.25, 0.3) is 10.1 Å². The number of aromatic nitrogens is 2. The molecule has 0 spiro atoms. The van der Waals surface area contributed by atoms with Crippen molar-refractivity contribution in [1.29, 1.82) is 0 Å². The predicted octanol–water partition coefficient (Wildman–Crippen LogP) is 1.53. The Hall–Kier alpha value is -2.26. The molecule has 2 aromatic rings. The highest BCUT2D eigenvalue weighted by molar-refractivity contribution is 7.86. The first-order valence-electron chi connectivity index (χ1n) is 5.53. The van der Waals surface area contributed by atoms with Crippen molar-refractivity contribution in [3.8, 4) is 0 Å². The predicted molar refractivity (Wildman–Crippen MR) is 68.4 cm³/mol. The van der Waals surface area contributed by atoms with Crippen LogP contribution in [0.4, 0.5) is 5.82 Å². The number of imidazole rings is 1. The zero-order valence-corrected chi connectivity index (χ0v) is 11.3. The maximum atomic E-state index is 11.9. The molecule has 20 heavy (non-hydrogen) atoms. The summed E-state index contributed by atoms with van der Waals surface area (Å²) >= 11 is 0. The molecule has 8 nitrogen and oxygen atoms in total. The molecular weight excluding hydrogens is 286 g/mol. The Balaban J connectivity index is 2.08. The third-order valence-corrected chi connectivity index (χ3v) is 3.75. The molecule has 2 rings (SSSR count). The second-order valence-corrected chi connectivity index (χ2v) is 5.62. The van der Waals surface area contributed by atoms with Crippen LogP contribution in [0.2, 0.25) is 0 Å². The molecule has 106 valence electrons. The first-order chi connectivity index (χ1) is 9.38. The van der Waals surface area contributed by atoms with Gasteiger partial charge in [-0.3, -0.25) is 4.18 Å². The van der Waals surface area contributed by atoms with Crippen LogP contribution in [0.15, 0.2) is 35.4 Å². The van der Waals surface area contributed by atoms with Crippen molar-refractivity contribution < 1.29 is 17.5 Å². The maximum absolute atomic E-state index is 11.9. The number of rotatable bonds is 5. The third-order valence-electron chi connectivity index (χ3n) is 2.47. The number of aromatic amines is 1. The molecule has 1 heterocycles. The average Bonchev–Trinajstić information content (AvgIpc) is 2.86. The summed E-state index contributed by atoms with van der Waals surface area (Å²) in [5.74, 6) is -0.260. The number of hydrogen-bond donors (Lipinski definition) is 1. The van der Waals surface area contributed by atoms with E-state index in [1.54, 1.807) is 12.1 Å². The Morgan fingerprint density at radius 2 is 2.00 bits per heavy atom. The molecule has 0 saturated carbocycles. The van der Waals surface area contributed by atoms with Crippen LogP contribution in [-0.2, 0) is 20.9 Å². The summed E-state index contributed by atoms with van der Waals surface area (Å²) in [5, 5.41) is 10.4. The molecule has 1 aromatic heterocycles. The zero-order chi connectivity index (χ0) is 14.8. The SMILES string of the molecule is Cc1ccc(S(=O)(=O)OCc2ncc([N+](=O)[O-])[nH]2)cc1. The maximum Gasteiger partial charge on any atom is 0.340 e. The van der Waals surface area contributed by atoms with Crippen LogP contribution in [0, 0.1) is 17.0 Å². The van der Waals surface area contributed by atoms with Gasteiger partial charge in [0.05, 0.1) is 4.90 Å². The van der Waals surface area contributed by atoms with Crippen molar-refractivity contribution in [3.63, 3.8) is 0 Å². The Morgan fingerprint density at radius 1 is 1.35 bits per heavy atom. The Morgan fingerprint density at radius 3 is 2.55 bits per heavy atom. The van der Waals surface area contributed by atoms with E-state index < -0.39 is 21.6 Å². The molecule has 0 unspecified atom stereocenters. The van der Waals surface area contributed by atoms with E-state index in [9.17, 15) is 18.5 Å². The number of nitro groups is 1. The van der Waals surface area contributed by atoms with E-state index in [4.69, 9.17) is 4.18 Å². The van der Waals surface area contributed by atoms with Gasteiger partial charge < -0.3 is 10.1 Å². The molecule has 0 radical (unpaired) electrons. The van der Waals surface area contributed by atoms with Gasteiger partial charge >= 0.3 is 5.82 Å². The van der Waals surface area contributed by atoms with Crippen LogP contribution in [-0.4, -0.2) is 23.3 Å². The number of hydrogen-bond acceptors (Lipinski definition) is 6. The van der Waals surface area contributed by atoms with E-state index in [2.05, 4.69) is 9.97 Å². The molecule has 1 aromatic carbocycles.